The van der Waals surface area contributed by atoms with E-state index in [0.717, 1.165) is 53.6 Å². The molecule has 30 heavy (non-hydrogen) atoms. The number of rotatable bonds is 7. The third-order valence-electron chi connectivity index (χ3n) is 5.53. The van der Waals surface area contributed by atoms with E-state index in [1.165, 1.54) is 0 Å². The molecule has 0 bridgehead atoms. The maximum absolute atomic E-state index is 13.0. The summed E-state index contributed by atoms with van der Waals surface area (Å²) in [5, 5.41) is 0. The zero-order chi connectivity index (χ0) is 21.9. The topological polar surface area (TPSA) is 73.9 Å². The number of carbonyl (C=O) groups is 1. The van der Waals surface area contributed by atoms with Gasteiger partial charge in [0.25, 0.3) is 0 Å². The lowest BCUT2D eigenvalue weighted by Gasteiger charge is -2.34. The second-order valence-corrected chi connectivity index (χ2v) is 11.8. The summed E-state index contributed by atoms with van der Waals surface area (Å²) in [7, 11) is 0. The van der Waals surface area contributed by atoms with Crippen molar-refractivity contribution in [2.75, 3.05) is 19.8 Å². The second-order valence-electron chi connectivity index (χ2n) is 8.87. The highest BCUT2D eigenvalue weighted by Crippen LogP contribution is 2.34. The Morgan fingerprint density at radius 1 is 1.33 bits per heavy atom. The van der Waals surface area contributed by atoms with Crippen LogP contribution in [0, 0.1) is 0 Å². The first-order valence-corrected chi connectivity index (χ1v) is 12.6. The minimum Gasteiger partial charge on any atom is -0.598 e. The van der Waals surface area contributed by atoms with Crippen LogP contribution in [0.3, 0.4) is 0 Å². The van der Waals surface area contributed by atoms with Crippen molar-refractivity contribution in [2.45, 2.75) is 77.0 Å². The van der Waals surface area contributed by atoms with Crippen LogP contribution in [0.2, 0.25) is 0 Å². The fraction of sp³-hybridized carbons (Fsp3) is 0.682. The summed E-state index contributed by atoms with van der Waals surface area (Å²) in [6.45, 7) is 10.6. The number of nitrogens with one attached hydrogen (secondary N) is 1. The number of hydrogen-bond donors (Lipinski definition) is 1. The minimum atomic E-state index is -1.23. The van der Waals surface area contributed by atoms with Gasteiger partial charge in [0.05, 0.1) is 25.7 Å². The van der Waals surface area contributed by atoms with E-state index in [1.807, 2.05) is 38.7 Å². The highest BCUT2D eigenvalue weighted by molar-refractivity contribution is 9.10. The Kier molecular flexibility index (Phi) is 8.26. The van der Waals surface area contributed by atoms with E-state index >= 15 is 0 Å². The lowest BCUT2D eigenvalue weighted by atomic mass is 9.89. The third-order valence-corrected chi connectivity index (χ3v) is 7.60. The van der Waals surface area contributed by atoms with Crippen LogP contribution in [0.5, 0.6) is 0 Å². The van der Waals surface area contributed by atoms with Gasteiger partial charge >= 0.3 is 0 Å². The number of amides is 1. The first kappa shape index (κ1) is 24.0. The number of likely N-dealkylation sites (N-methyl/N-ethyl adjacent to an activating group) is 1. The van der Waals surface area contributed by atoms with E-state index in [9.17, 15) is 9.35 Å². The number of halogens is 1. The van der Waals surface area contributed by atoms with Crippen LogP contribution in [0.25, 0.3) is 0 Å². The molecule has 2 atom stereocenters. The molecule has 0 radical (unpaired) electrons. The molecule has 2 aliphatic heterocycles. The lowest BCUT2D eigenvalue weighted by molar-refractivity contribution is -0.182. The highest BCUT2D eigenvalue weighted by atomic mass is 79.9. The molecule has 8 heteroatoms. The van der Waals surface area contributed by atoms with Gasteiger partial charge in [-0.1, -0.05) is 15.9 Å². The molecule has 2 heterocycles. The largest absolute Gasteiger partial charge is 0.598 e. The molecule has 1 aromatic carbocycles. The van der Waals surface area contributed by atoms with E-state index in [1.54, 1.807) is 0 Å². The van der Waals surface area contributed by atoms with Crippen molar-refractivity contribution in [1.29, 1.82) is 0 Å². The van der Waals surface area contributed by atoms with Crippen LogP contribution in [0.4, 0.5) is 0 Å². The fourth-order valence-electron chi connectivity index (χ4n) is 3.81. The van der Waals surface area contributed by atoms with Gasteiger partial charge in [-0.05, 0) is 69.4 Å². The summed E-state index contributed by atoms with van der Waals surface area (Å²) in [5.41, 5.74) is 3.31. The normalized spacial score (nSPS) is 20.2. The zero-order valence-electron chi connectivity index (χ0n) is 18.3. The van der Waals surface area contributed by atoms with E-state index in [4.69, 9.17) is 9.47 Å². The average molecular weight is 501 g/mol. The quantitative estimate of drug-likeness (QED) is 0.572. The number of fused-ring (bicyclic) bond motifs is 1. The summed E-state index contributed by atoms with van der Waals surface area (Å²) < 4.78 is 28.4. The monoisotopic (exact) mass is 500 g/mol. The van der Waals surface area contributed by atoms with Crippen LogP contribution >= 0.6 is 15.9 Å². The molecule has 0 aromatic heterocycles. The Balaban J connectivity index is 1.90. The molecule has 0 aliphatic carbocycles. The molecule has 168 valence electrons. The molecule has 2 aliphatic rings. The van der Waals surface area contributed by atoms with Gasteiger partial charge in [-0.15, -0.1) is 4.72 Å². The van der Waals surface area contributed by atoms with Crippen molar-refractivity contribution in [3.8, 4) is 0 Å². The molecule has 0 spiro atoms. The van der Waals surface area contributed by atoms with E-state index in [-0.39, 0.29) is 23.0 Å². The maximum atomic E-state index is 13.0. The van der Waals surface area contributed by atoms with Crippen molar-refractivity contribution in [2.24, 2.45) is 0 Å². The van der Waals surface area contributed by atoms with Gasteiger partial charge < -0.3 is 18.9 Å². The molecule has 0 saturated carbocycles. The van der Waals surface area contributed by atoms with Crippen molar-refractivity contribution in [3.63, 3.8) is 0 Å². The van der Waals surface area contributed by atoms with Crippen molar-refractivity contribution >= 4 is 33.2 Å². The smallest absolute Gasteiger partial charge is 0.227 e. The van der Waals surface area contributed by atoms with E-state index in [0.29, 0.717) is 19.5 Å². The van der Waals surface area contributed by atoms with E-state index < -0.39 is 11.4 Å². The molecule has 1 aromatic rings. The zero-order valence-corrected chi connectivity index (χ0v) is 20.7. The molecular formula is C22H33BrN2O4S. The van der Waals surface area contributed by atoms with Gasteiger partial charge in [0.2, 0.25) is 5.91 Å². The summed E-state index contributed by atoms with van der Waals surface area (Å²) in [6.07, 6.45) is 2.56. The van der Waals surface area contributed by atoms with Crippen LogP contribution in [0.1, 0.15) is 69.7 Å². The summed E-state index contributed by atoms with van der Waals surface area (Å²) in [5.74, 6) is 0.154. The molecule has 3 rings (SSSR count). The first-order valence-electron chi connectivity index (χ1n) is 10.7. The van der Waals surface area contributed by atoms with E-state index in [2.05, 4.69) is 26.7 Å². The van der Waals surface area contributed by atoms with Crippen LogP contribution in [-0.4, -0.2) is 46.2 Å². The minimum absolute atomic E-state index is 0.127. The second kappa shape index (κ2) is 10.3. The molecule has 1 N–H and O–H groups in total. The SMILES string of the molecule is CCN1Cc2c(cc(Br)cc2[C@H](CCC2OCCCO2)N[S@@+]([O-])C(C)(C)C)CC1=O. The predicted octanol–water partition coefficient (Wildman–Crippen LogP) is 3.99. The van der Waals surface area contributed by atoms with Gasteiger partial charge in [0.15, 0.2) is 6.29 Å². The maximum Gasteiger partial charge on any atom is 0.227 e. The molecule has 0 unspecified atom stereocenters. The molecule has 1 saturated heterocycles. The number of benzene rings is 1. The molecule has 6 nitrogen and oxygen atoms in total. The van der Waals surface area contributed by atoms with Crippen LogP contribution < -0.4 is 4.72 Å². The number of carbonyl (C=O) groups excluding carboxylic acids is 1. The van der Waals surface area contributed by atoms with Gasteiger partial charge in [-0.3, -0.25) is 4.79 Å². The van der Waals surface area contributed by atoms with Crippen LogP contribution in [0.15, 0.2) is 16.6 Å². The Hall–Kier alpha value is -0.640. The summed E-state index contributed by atoms with van der Waals surface area (Å²) >= 11 is 2.39. The van der Waals surface area contributed by atoms with Gasteiger partial charge in [-0.2, -0.15) is 0 Å². The lowest BCUT2D eigenvalue weighted by Crippen LogP contribution is -2.42. The van der Waals surface area contributed by atoms with Crippen molar-refractivity contribution in [1.82, 2.24) is 9.62 Å². The Morgan fingerprint density at radius 2 is 2.03 bits per heavy atom. The fourth-order valence-corrected chi connectivity index (χ4v) is 5.19. The summed E-state index contributed by atoms with van der Waals surface area (Å²) in [4.78, 5) is 14.3. The number of ether oxygens (including phenoxy) is 2. The molecular weight excluding hydrogens is 468 g/mol. The van der Waals surface area contributed by atoms with Gasteiger partial charge in [0, 0.05) is 35.3 Å². The standard InChI is InChI=1S/C22H33BrN2O4S/c1-5-25-14-18-15(12-20(25)26)11-16(23)13-17(18)19(24-30(27)22(2,3)4)7-8-21-28-9-6-10-29-21/h11,13,19,21,24H,5-10,12,14H2,1-4H3/t19-,30-/m0/s1. The number of hydrogen-bond acceptors (Lipinski definition) is 5. The van der Waals surface area contributed by atoms with Crippen molar-refractivity contribution < 1.29 is 18.8 Å². The first-order chi connectivity index (χ1) is 14.2. The average Bonchev–Trinajstić information content (AvgIpc) is 2.69. The van der Waals surface area contributed by atoms with Gasteiger partial charge in [0.1, 0.15) is 4.75 Å². The Labute approximate surface area is 191 Å². The predicted molar refractivity (Wildman–Crippen MR) is 122 cm³/mol. The van der Waals surface area contributed by atoms with Crippen molar-refractivity contribution in [3.05, 3.63) is 33.3 Å². The number of nitrogens with zero attached hydrogens (tertiary/aromatic N) is 1. The molecule has 1 fully saturated rings. The Morgan fingerprint density at radius 3 is 2.67 bits per heavy atom. The third kappa shape index (κ3) is 5.99. The van der Waals surface area contributed by atoms with Crippen LogP contribution in [-0.2, 0) is 38.6 Å². The highest BCUT2D eigenvalue weighted by Gasteiger charge is 2.33. The van der Waals surface area contributed by atoms with Gasteiger partial charge in [-0.25, -0.2) is 0 Å². The Bertz CT molecular complexity index is 749. The summed E-state index contributed by atoms with van der Waals surface area (Å²) in [6, 6.07) is 4.01. The molecule has 1 amide bonds.